The Labute approximate surface area is 180 Å². The summed E-state index contributed by atoms with van der Waals surface area (Å²) in [4.78, 5) is 39.2. The second-order valence-corrected chi connectivity index (χ2v) is 8.26. The minimum Gasteiger partial charge on any atom is -0.376 e. The quantitative estimate of drug-likeness (QED) is 0.687. The van der Waals surface area contributed by atoms with E-state index in [2.05, 4.69) is 5.32 Å². The molecule has 0 bridgehead atoms. The number of nitrogens with zero attached hydrogens (tertiary/aromatic N) is 2. The second-order valence-electron chi connectivity index (χ2n) is 8.26. The predicted octanol–water partition coefficient (Wildman–Crippen LogP) is 2.91. The summed E-state index contributed by atoms with van der Waals surface area (Å²) < 4.78 is 8.20. The van der Waals surface area contributed by atoms with E-state index in [0.717, 1.165) is 35.2 Å². The van der Waals surface area contributed by atoms with E-state index < -0.39 is 5.69 Å². The minimum atomic E-state index is -0.494. The van der Waals surface area contributed by atoms with Crippen molar-refractivity contribution in [2.75, 3.05) is 11.9 Å². The van der Waals surface area contributed by atoms with Crippen molar-refractivity contribution in [1.29, 1.82) is 0 Å². The van der Waals surface area contributed by atoms with Crippen LogP contribution in [0.2, 0.25) is 0 Å². The number of rotatable bonds is 5. The number of aryl methyl sites for hydroxylation is 3. The number of hydrogen-bond donors (Lipinski definition) is 1. The number of ether oxygens (including phenoxy) is 1. The standard InChI is InChI=1S/C24H27N3O4/c1-15-11-16(2)22(17(3)12-15)25-21(28)14-26-20-9-5-4-8-19(20)23(29)27(24(26)30)13-18-7-6-10-31-18/h4-5,8-9,11-12,18H,6-7,10,13-14H2,1-3H3,(H,25,28). The van der Waals surface area contributed by atoms with Crippen LogP contribution in [0.5, 0.6) is 0 Å². The van der Waals surface area contributed by atoms with Crippen LogP contribution in [0.25, 0.3) is 10.9 Å². The van der Waals surface area contributed by atoms with Gasteiger partial charge in [-0.05, 0) is 56.9 Å². The van der Waals surface area contributed by atoms with Gasteiger partial charge in [0.1, 0.15) is 6.54 Å². The Hall–Kier alpha value is -3.19. The monoisotopic (exact) mass is 421 g/mol. The molecule has 1 aromatic heterocycles. The summed E-state index contributed by atoms with van der Waals surface area (Å²) in [5.41, 5.74) is 3.41. The lowest BCUT2D eigenvalue weighted by molar-refractivity contribution is -0.116. The molecule has 1 N–H and O–H groups in total. The highest BCUT2D eigenvalue weighted by Gasteiger charge is 2.21. The zero-order valence-corrected chi connectivity index (χ0v) is 18.1. The molecule has 1 amide bonds. The van der Waals surface area contributed by atoms with E-state index in [1.165, 1.54) is 9.13 Å². The van der Waals surface area contributed by atoms with E-state index in [4.69, 9.17) is 4.74 Å². The molecule has 0 aliphatic carbocycles. The minimum absolute atomic E-state index is 0.160. The molecule has 7 heteroatoms. The van der Waals surface area contributed by atoms with Gasteiger partial charge in [0.15, 0.2) is 0 Å². The van der Waals surface area contributed by atoms with Crippen molar-refractivity contribution in [2.45, 2.75) is 52.8 Å². The number of amides is 1. The first-order valence-electron chi connectivity index (χ1n) is 10.6. The fourth-order valence-electron chi connectivity index (χ4n) is 4.38. The van der Waals surface area contributed by atoms with E-state index in [0.29, 0.717) is 17.5 Å². The number of carbonyl (C=O) groups excluding carboxylic acids is 1. The van der Waals surface area contributed by atoms with Crippen LogP contribution in [0.4, 0.5) is 5.69 Å². The number of fused-ring (bicyclic) bond motifs is 1. The average molecular weight is 421 g/mol. The molecule has 1 aliphatic rings. The SMILES string of the molecule is Cc1cc(C)c(NC(=O)Cn2c(=O)n(CC3CCCO3)c(=O)c3ccccc32)c(C)c1. The van der Waals surface area contributed by atoms with Gasteiger partial charge in [0.25, 0.3) is 5.56 Å². The highest BCUT2D eigenvalue weighted by molar-refractivity contribution is 5.93. The van der Waals surface area contributed by atoms with Gasteiger partial charge in [0.05, 0.1) is 23.6 Å². The summed E-state index contributed by atoms with van der Waals surface area (Å²) in [6.45, 7) is 6.55. The molecule has 1 unspecified atom stereocenters. The molecular formula is C24H27N3O4. The smallest absolute Gasteiger partial charge is 0.332 e. The van der Waals surface area contributed by atoms with Gasteiger partial charge in [0.2, 0.25) is 5.91 Å². The summed E-state index contributed by atoms with van der Waals surface area (Å²) in [5.74, 6) is -0.315. The molecule has 1 aliphatic heterocycles. The highest BCUT2D eigenvalue weighted by Crippen LogP contribution is 2.22. The van der Waals surface area contributed by atoms with Crippen molar-refractivity contribution in [1.82, 2.24) is 9.13 Å². The number of benzene rings is 2. The first kappa shape index (κ1) is 21.1. The van der Waals surface area contributed by atoms with Crippen molar-refractivity contribution in [3.05, 3.63) is 73.9 Å². The number of hydrogen-bond acceptors (Lipinski definition) is 4. The van der Waals surface area contributed by atoms with Crippen molar-refractivity contribution in [3.8, 4) is 0 Å². The van der Waals surface area contributed by atoms with E-state index in [9.17, 15) is 14.4 Å². The Morgan fingerprint density at radius 1 is 1.10 bits per heavy atom. The maximum Gasteiger partial charge on any atom is 0.332 e. The number of para-hydroxylation sites is 1. The van der Waals surface area contributed by atoms with Gasteiger partial charge in [-0.15, -0.1) is 0 Å². The third-order valence-corrected chi connectivity index (χ3v) is 5.79. The molecule has 0 saturated carbocycles. The summed E-state index contributed by atoms with van der Waals surface area (Å²) >= 11 is 0. The fraction of sp³-hybridized carbons (Fsp3) is 0.375. The Balaban J connectivity index is 1.72. The maximum atomic E-state index is 13.2. The highest BCUT2D eigenvalue weighted by atomic mass is 16.5. The lowest BCUT2D eigenvalue weighted by Gasteiger charge is -2.17. The zero-order chi connectivity index (χ0) is 22.1. The maximum absolute atomic E-state index is 13.2. The van der Waals surface area contributed by atoms with Crippen LogP contribution < -0.4 is 16.6 Å². The van der Waals surface area contributed by atoms with Crippen LogP contribution in [0, 0.1) is 20.8 Å². The average Bonchev–Trinajstić information content (AvgIpc) is 3.24. The normalized spacial score (nSPS) is 16.0. The van der Waals surface area contributed by atoms with Gasteiger partial charge >= 0.3 is 5.69 Å². The van der Waals surface area contributed by atoms with Crippen molar-refractivity contribution >= 4 is 22.5 Å². The van der Waals surface area contributed by atoms with E-state index in [1.807, 2.05) is 32.9 Å². The third-order valence-electron chi connectivity index (χ3n) is 5.79. The molecule has 1 saturated heterocycles. The van der Waals surface area contributed by atoms with Crippen LogP contribution in [-0.4, -0.2) is 27.8 Å². The largest absolute Gasteiger partial charge is 0.376 e. The Bertz CT molecular complexity index is 1240. The van der Waals surface area contributed by atoms with Crippen molar-refractivity contribution in [2.24, 2.45) is 0 Å². The predicted molar refractivity (Wildman–Crippen MR) is 121 cm³/mol. The van der Waals surface area contributed by atoms with Gasteiger partial charge in [-0.2, -0.15) is 0 Å². The summed E-state index contributed by atoms with van der Waals surface area (Å²) in [7, 11) is 0. The van der Waals surface area contributed by atoms with E-state index >= 15 is 0 Å². The second kappa shape index (κ2) is 8.51. The molecule has 4 rings (SSSR count). The van der Waals surface area contributed by atoms with Gasteiger partial charge in [-0.25, -0.2) is 4.79 Å². The summed E-state index contributed by atoms with van der Waals surface area (Å²) in [6.07, 6.45) is 1.57. The molecule has 1 fully saturated rings. The van der Waals surface area contributed by atoms with Gasteiger partial charge in [0, 0.05) is 12.3 Å². The lowest BCUT2D eigenvalue weighted by Crippen LogP contribution is -2.43. The summed E-state index contributed by atoms with van der Waals surface area (Å²) in [5, 5.41) is 3.36. The molecule has 2 aromatic carbocycles. The number of anilines is 1. The van der Waals surface area contributed by atoms with Crippen LogP contribution in [0.3, 0.4) is 0 Å². The van der Waals surface area contributed by atoms with Crippen LogP contribution in [0.15, 0.2) is 46.0 Å². The molecule has 0 radical (unpaired) electrons. The zero-order valence-electron chi connectivity index (χ0n) is 18.1. The molecule has 3 aromatic rings. The fourth-order valence-corrected chi connectivity index (χ4v) is 4.38. The molecule has 1 atom stereocenters. The molecule has 7 nitrogen and oxygen atoms in total. The number of nitrogens with one attached hydrogen (secondary N) is 1. The molecule has 31 heavy (non-hydrogen) atoms. The Morgan fingerprint density at radius 3 is 2.48 bits per heavy atom. The third kappa shape index (κ3) is 4.18. The molecule has 2 heterocycles. The first-order chi connectivity index (χ1) is 14.8. The van der Waals surface area contributed by atoms with E-state index in [-0.39, 0.29) is 30.7 Å². The van der Waals surface area contributed by atoms with Crippen LogP contribution in [-0.2, 0) is 22.6 Å². The lowest BCUT2D eigenvalue weighted by atomic mass is 10.1. The number of aromatic nitrogens is 2. The summed E-state index contributed by atoms with van der Waals surface area (Å²) in [6, 6.07) is 10.9. The number of carbonyl (C=O) groups is 1. The van der Waals surface area contributed by atoms with E-state index in [1.54, 1.807) is 24.3 Å². The van der Waals surface area contributed by atoms with Crippen molar-refractivity contribution < 1.29 is 9.53 Å². The Kier molecular flexibility index (Phi) is 5.78. The first-order valence-corrected chi connectivity index (χ1v) is 10.6. The molecular weight excluding hydrogens is 394 g/mol. The topological polar surface area (TPSA) is 82.3 Å². The molecule has 0 spiro atoms. The van der Waals surface area contributed by atoms with Gasteiger partial charge in [-0.3, -0.25) is 18.7 Å². The molecule has 162 valence electrons. The Morgan fingerprint density at radius 2 is 1.81 bits per heavy atom. The van der Waals surface area contributed by atoms with Gasteiger partial charge in [-0.1, -0.05) is 29.8 Å². The van der Waals surface area contributed by atoms with Crippen LogP contribution in [0.1, 0.15) is 29.5 Å². The van der Waals surface area contributed by atoms with Gasteiger partial charge < -0.3 is 10.1 Å². The van der Waals surface area contributed by atoms with Crippen LogP contribution >= 0.6 is 0 Å². The van der Waals surface area contributed by atoms with Crippen molar-refractivity contribution in [3.63, 3.8) is 0 Å².